The third-order valence-electron chi connectivity index (χ3n) is 2.91. The maximum absolute atomic E-state index is 13.4. The van der Waals surface area contributed by atoms with Gasteiger partial charge in [-0.25, -0.2) is 13.8 Å². The fourth-order valence-corrected chi connectivity index (χ4v) is 2.48. The zero-order chi connectivity index (χ0) is 15.4. The summed E-state index contributed by atoms with van der Waals surface area (Å²) >= 11 is 1.36. The summed E-state index contributed by atoms with van der Waals surface area (Å²) in [5, 5.41) is 6.38. The standard InChI is InChI=1S/C16H11F2N3S/c17-13-7-5-11(6-8-13)15-10-22-16(20-15)21-19-9-12-3-1-2-4-14(12)18/h1-10H,(H,20,21)/b19-9+. The zero-order valence-corrected chi connectivity index (χ0v) is 12.1. The number of hydrogen-bond acceptors (Lipinski definition) is 4. The molecule has 0 aliphatic rings. The topological polar surface area (TPSA) is 37.3 Å². The molecule has 2 aromatic carbocycles. The number of nitrogens with one attached hydrogen (secondary N) is 1. The van der Waals surface area contributed by atoms with E-state index in [4.69, 9.17) is 0 Å². The molecule has 1 aromatic heterocycles. The van der Waals surface area contributed by atoms with Crippen molar-refractivity contribution in [2.24, 2.45) is 5.10 Å². The minimum atomic E-state index is -0.334. The van der Waals surface area contributed by atoms with Crippen LogP contribution >= 0.6 is 11.3 Å². The lowest BCUT2D eigenvalue weighted by atomic mass is 10.2. The van der Waals surface area contributed by atoms with Crippen molar-refractivity contribution in [3.63, 3.8) is 0 Å². The lowest BCUT2D eigenvalue weighted by molar-refractivity contribution is 0.626. The highest BCUT2D eigenvalue weighted by atomic mass is 32.1. The fourth-order valence-electron chi connectivity index (χ4n) is 1.82. The third-order valence-corrected chi connectivity index (χ3v) is 3.66. The van der Waals surface area contributed by atoms with Crippen molar-refractivity contribution in [2.45, 2.75) is 0 Å². The molecule has 110 valence electrons. The highest BCUT2D eigenvalue weighted by molar-refractivity contribution is 7.14. The lowest BCUT2D eigenvalue weighted by Gasteiger charge is -1.97. The van der Waals surface area contributed by atoms with Gasteiger partial charge in [0.1, 0.15) is 11.6 Å². The minimum Gasteiger partial charge on any atom is -0.253 e. The second kappa shape index (κ2) is 6.44. The van der Waals surface area contributed by atoms with Gasteiger partial charge in [-0.05, 0) is 30.3 Å². The molecule has 1 N–H and O–H groups in total. The van der Waals surface area contributed by atoms with E-state index in [-0.39, 0.29) is 11.6 Å². The monoisotopic (exact) mass is 315 g/mol. The second-order valence-electron chi connectivity index (χ2n) is 4.44. The molecule has 22 heavy (non-hydrogen) atoms. The Balaban J connectivity index is 1.70. The van der Waals surface area contributed by atoms with Crippen molar-refractivity contribution >= 4 is 22.7 Å². The number of hydrogen-bond donors (Lipinski definition) is 1. The molecule has 0 fully saturated rings. The van der Waals surface area contributed by atoms with Crippen molar-refractivity contribution in [2.75, 3.05) is 5.43 Å². The van der Waals surface area contributed by atoms with Crippen LogP contribution in [0.5, 0.6) is 0 Å². The van der Waals surface area contributed by atoms with Gasteiger partial charge in [0, 0.05) is 16.5 Å². The van der Waals surface area contributed by atoms with Crippen LogP contribution in [0.25, 0.3) is 11.3 Å². The van der Waals surface area contributed by atoms with Crippen molar-refractivity contribution in [3.05, 3.63) is 71.1 Å². The Morgan fingerprint density at radius 1 is 1.05 bits per heavy atom. The van der Waals surface area contributed by atoms with E-state index in [1.807, 2.05) is 5.38 Å². The van der Waals surface area contributed by atoms with E-state index in [9.17, 15) is 8.78 Å². The van der Waals surface area contributed by atoms with Crippen molar-refractivity contribution in [3.8, 4) is 11.3 Å². The SMILES string of the molecule is Fc1ccc(-c2csc(N/N=C/c3ccccc3F)n2)cc1. The molecule has 1 heterocycles. The summed E-state index contributed by atoms with van der Waals surface area (Å²) in [4.78, 5) is 4.34. The number of aromatic nitrogens is 1. The van der Waals surface area contributed by atoms with Crippen molar-refractivity contribution in [1.29, 1.82) is 0 Å². The average Bonchev–Trinajstić information content (AvgIpc) is 2.99. The lowest BCUT2D eigenvalue weighted by Crippen LogP contribution is -1.92. The molecule has 0 amide bonds. The number of hydrazone groups is 1. The summed E-state index contributed by atoms with van der Waals surface area (Å²) < 4.78 is 26.3. The van der Waals surface area contributed by atoms with Crippen LogP contribution < -0.4 is 5.43 Å². The number of nitrogens with zero attached hydrogens (tertiary/aromatic N) is 2. The van der Waals surface area contributed by atoms with Crippen LogP contribution in [0, 0.1) is 11.6 Å². The molecule has 0 saturated heterocycles. The molecule has 0 bridgehead atoms. The molecule has 0 radical (unpaired) electrons. The van der Waals surface area contributed by atoms with Crippen molar-refractivity contribution in [1.82, 2.24) is 4.98 Å². The molecule has 0 aliphatic heterocycles. The summed E-state index contributed by atoms with van der Waals surface area (Å²) in [6, 6.07) is 12.5. The summed E-state index contributed by atoms with van der Waals surface area (Å²) in [6.07, 6.45) is 1.40. The molecule has 3 nitrogen and oxygen atoms in total. The summed E-state index contributed by atoms with van der Waals surface area (Å²) in [5.74, 6) is -0.619. The number of rotatable bonds is 4. The number of halogens is 2. The maximum atomic E-state index is 13.4. The smallest absolute Gasteiger partial charge is 0.203 e. The first-order valence-electron chi connectivity index (χ1n) is 6.47. The molecule has 0 atom stereocenters. The van der Waals surface area contributed by atoms with E-state index in [1.54, 1.807) is 30.3 Å². The molecule has 0 unspecified atom stereocenters. The van der Waals surface area contributed by atoms with Gasteiger partial charge < -0.3 is 0 Å². The molecule has 0 aliphatic carbocycles. The Morgan fingerprint density at radius 2 is 1.82 bits per heavy atom. The minimum absolute atomic E-state index is 0.285. The molecule has 0 spiro atoms. The molecule has 0 saturated carbocycles. The van der Waals surface area contributed by atoms with Crippen molar-refractivity contribution < 1.29 is 8.78 Å². The Morgan fingerprint density at radius 3 is 2.59 bits per heavy atom. The van der Waals surface area contributed by atoms with E-state index in [0.717, 1.165) is 11.3 Å². The molecule has 3 aromatic rings. The van der Waals surface area contributed by atoms with Gasteiger partial charge in [-0.1, -0.05) is 18.2 Å². The quantitative estimate of drug-likeness (QED) is 0.567. The Bertz CT molecular complexity index is 797. The second-order valence-corrected chi connectivity index (χ2v) is 5.29. The van der Waals surface area contributed by atoms with E-state index in [0.29, 0.717) is 10.7 Å². The summed E-state index contributed by atoms with van der Waals surface area (Å²) in [5.41, 5.74) is 4.70. The molecular weight excluding hydrogens is 304 g/mol. The van der Waals surface area contributed by atoms with Gasteiger partial charge in [0.15, 0.2) is 0 Å². The molecule has 3 rings (SSSR count). The van der Waals surface area contributed by atoms with Gasteiger partial charge in [0.25, 0.3) is 0 Å². The van der Waals surface area contributed by atoms with E-state index < -0.39 is 0 Å². The first-order valence-corrected chi connectivity index (χ1v) is 7.35. The fraction of sp³-hybridized carbons (Fsp3) is 0. The Kier molecular flexibility index (Phi) is 4.20. The van der Waals surface area contributed by atoms with Crippen LogP contribution in [0.3, 0.4) is 0 Å². The van der Waals surface area contributed by atoms with Crippen LogP contribution in [-0.2, 0) is 0 Å². The van der Waals surface area contributed by atoms with Gasteiger partial charge in [-0.15, -0.1) is 11.3 Å². The summed E-state index contributed by atoms with van der Waals surface area (Å²) in [6.45, 7) is 0. The number of thiazole rings is 1. The van der Waals surface area contributed by atoms with E-state index >= 15 is 0 Å². The largest absolute Gasteiger partial charge is 0.253 e. The van der Waals surface area contributed by atoms with Crippen LogP contribution in [0.4, 0.5) is 13.9 Å². The highest BCUT2D eigenvalue weighted by Gasteiger charge is 2.04. The van der Waals surface area contributed by atoms with Crippen LogP contribution in [-0.4, -0.2) is 11.2 Å². The van der Waals surface area contributed by atoms with Gasteiger partial charge in [-0.2, -0.15) is 5.10 Å². The van der Waals surface area contributed by atoms with Gasteiger partial charge in [-0.3, -0.25) is 5.43 Å². The summed E-state index contributed by atoms with van der Waals surface area (Å²) in [7, 11) is 0. The molecule has 6 heteroatoms. The third kappa shape index (κ3) is 3.35. The van der Waals surface area contributed by atoms with Gasteiger partial charge in [0.05, 0.1) is 11.9 Å². The van der Waals surface area contributed by atoms with E-state index in [1.165, 1.54) is 35.8 Å². The van der Waals surface area contributed by atoms with Crippen LogP contribution in [0.15, 0.2) is 59.0 Å². The maximum Gasteiger partial charge on any atom is 0.203 e. The molecular formula is C16H11F2N3S. The average molecular weight is 315 g/mol. The predicted molar refractivity (Wildman–Crippen MR) is 85.1 cm³/mol. The Hall–Kier alpha value is -2.60. The van der Waals surface area contributed by atoms with E-state index in [2.05, 4.69) is 15.5 Å². The number of anilines is 1. The van der Waals surface area contributed by atoms with Gasteiger partial charge >= 0.3 is 0 Å². The predicted octanol–water partition coefficient (Wildman–Crippen LogP) is 4.53. The number of benzene rings is 2. The normalized spacial score (nSPS) is 11.0. The van der Waals surface area contributed by atoms with Crippen LogP contribution in [0.1, 0.15) is 5.56 Å². The highest BCUT2D eigenvalue weighted by Crippen LogP contribution is 2.24. The first kappa shape index (κ1) is 14.3. The first-order chi connectivity index (χ1) is 10.7. The Labute approximate surface area is 130 Å². The van der Waals surface area contributed by atoms with Crippen LogP contribution in [0.2, 0.25) is 0 Å². The van der Waals surface area contributed by atoms with Gasteiger partial charge in [0.2, 0.25) is 5.13 Å². The zero-order valence-electron chi connectivity index (χ0n) is 11.3.